The molecule has 0 aliphatic carbocycles. The number of aliphatic imine (C=N–C) groups is 1. The molecule has 2 N–H and O–H groups in total. The van der Waals surface area contributed by atoms with Crippen molar-refractivity contribution >= 4 is 40.2 Å². The largest absolute Gasteiger partial charge is 0.312 e. The van der Waals surface area contributed by atoms with Crippen LogP contribution in [0.3, 0.4) is 0 Å². The third-order valence-electron chi connectivity index (χ3n) is 2.66. The molecule has 0 spiro atoms. The minimum Gasteiger partial charge on any atom is -0.312 e. The van der Waals surface area contributed by atoms with E-state index < -0.39 is 0 Å². The Balaban J connectivity index is 1.90. The molecule has 0 saturated carbocycles. The molecule has 0 bridgehead atoms. The van der Waals surface area contributed by atoms with Gasteiger partial charge in [-0.15, -0.1) is 0 Å². The summed E-state index contributed by atoms with van der Waals surface area (Å²) in [6, 6.07) is 7.50. The zero-order chi connectivity index (χ0) is 13.7. The number of nitrogens with one attached hydrogen (secondary N) is 2. The van der Waals surface area contributed by atoms with Crippen molar-refractivity contribution in [3.8, 4) is 0 Å². The molecule has 6 heteroatoms. The van der Waals surface area contributed by atoms with Crippen molar-refractivity contribution < 1.29 is 4.79 Å². The average molecular weight is 293 g/mol. The number of benzene rings is 1. The minimum atomic E-state index is -0.205. The number of carbonyl (C=O) groups is 1. The van der Waals surface area contributed by atoms with Crippen molar-refractivity contribution in [2.24, 2.45) is 4.99 Å². The summed E-state index contributed by atoms with van der Waals surface area (Å²) in [5, 5.41) is 6.62. The number of amidine groups is 1. The van der Waals surface area contributed by atoms with E-state index in [4.69, 9.17) is 12.2 Å². The van der Waals surface area contributed by atoms with Gasteiger partial charge in [0.15, 0.2) is 10.3 Å². The van der Waals surface area contributed by atoms with Crippen LogP contribution in [0, 0.1) is 0 Å². The first-order valence-corrected chi connectivity index (χ1v) is 7.47. The first-order chi connectivity index (χ1) is 9.19. The number of aryl methyl sites for hydroxylation is 1. The van der Waals surface area contributed by atoms with E-state index in [0.29, 0.717) is 5.56 Å². The molecule has 1 aliphatic heterocycles. The van der Waals surface area contributed by atoms with Crippen molar-refractivity contribution in [1.82, 2.24) is 10.6 Å². The van der Waals surface area contributed by atoms with Gasteiger partial charge in [-0.2, -0.15) is 0 Å². The fraction of sp³-hybridized carbons (Fsp3) is 0.308. The number of nitrogens with zero attached hydrogens (tertiary/aromatic N) is 1. The van der Waals surface area contributed by atoms with E-state index >= 15 is 0 Å². The number of hydrogen-bond acceptors (Lipinski definition) is 4. The van der Waals surface area contributed by atoms with Crippen LogP contribution in [0.15, 0.2) is 29.3 Å². The monoisotopic (exact) mass is 293 g/mol. The van der Waals surface area contributed by atoms with Gasteiger partial charge in [0, 0.05) is 11.3 Å². The fourth-order valence-corrected chi connectivity index (χ4v) is 2.59. The number of thioether (sulfide) groups is 1. The molecule has 100 valence electrons. The third-order valence-corrected chi connectivity index (χ3v) is 3.75. The maximum atomic E-state index is 11.9. The Morgan fingerprint density at radius 1 is 1.42 bits per heavy atom. The summed E-state index contributed by atoms with van der Waals surface area (Å²) in [6.07, 6.45) is 0.957. The minimum absolute atomic E-state index is 0.205. The molecule has 1 aromatic carbocycles. The number of carbonyl (C=O) groups excluding carboxylic acids is 1. The molecule has 0 unspecified atom stereocenters. The lowest BCUT2D eigenvalue weighted by Crippen LogP contribution is -2.41. The van der Waals surface area contributed by atoms with Crippen LogP contribution in [-0.2, 0) is 6.42 Å². The molecular formula is C13H15N3OS2. The summed E-state index contributed by atoms with van der Waals surface area (Å²) in [5.74, 6) is 0.751. The van der Waals surface area contributed by atoms with E-state index in [1.54, 1.807) is 23.9 Å². The molecule has 19 heavy (non-hydrogen) atoms. The second-order valence-corrected chi connectivity index (χ2v) is 5.49. The predicted octanol–water partition coefficient (Wildman–Crippen LogP) is 1.96. The maximum Gasteiger partial charge on any atom is 0.257 e. The Morgan fingerprint density at radius 3 is 2.74 bits per heavy atom. The third kappa shape index (κ3) is 4.04. The van der Waals surface area contributed by atoms with Crippen LogP contribution in [0.1, 0.15) is 22.8 Å². The topological polar surface area (TPSA) is 53.5 Å². The van der Waals surface area contributed by atoms with Crippen LogP contribution in [-0.4, -0.2) is 28.5 Å². The first kappa shape index (κ1) is 14.0. The van der Waals surface area contributed by atoms with Gasteiger partial charge in [0.1, 0.15) is 0 Å². The SMILES string of the molecule is CCc1ccc(C(=O)NC(=S)NC2=NCCS2)cc1. The molecule has 0 aromatic heterocycles. The molecule has 1 aromatic rings. The smallest absolute Gasteiger partial charge is 0.257 e. The van der Waals surface area contributed by atoms with Crippen LogP contribution >= 0.6 is 24.0 Å². The van der Waals surface area contributed by atoms with E-state index in [2.05, 4.69) is 22.5 Å². The standard InChI is InChI=1S/C13H15N3OS2/c1-2-9-3-5-10(6-4-9)11(17)15-12(18)16-13-14-7-8-19-13/h3-6H,2,7-8H2,1H3,(H2,14,15,16,17,18). The van der Waals surface area contributed by atoms with Gasteiger partial charge in [0.05, 0.1) is 6.54 Å². The Morgan fingerprint density at radius 2 is 2.16 bits per heavy atom. The summed E-state index contributed by atoms with van der Waals surface area (Å²) >= 11 is 6.68. The van der Waals surface area contributed by atoms with Crippen LogP contribution < -0.4 is 10.6 Å². The van der Waals surface area contributed by atoms with E-state index in [9.17, 15) is 4.79 Å². The van der Waals surface area contributed by atoms with Gasteiger partial charge in [0.2, 0.25) is 0 Å². The normalized spacial score (nSPS) is 13.8. The lowest BCUT2D eigenvalue weighted by Gasteiger charge is -2.08. The molecule has 0 atom stereocenters. The van der Waals surface area contributed by atoms with Crippen molar-refractivity contribution in [1.29, 1.82) is 0 Å². The lowest BCUT2D eigenvalue weighted by molar-refractivity contribution is 0.0977. The highest BCUT2D eigenvalue weighted by Crippen LogP contribution is 2.09. The number of hydrogen-bond donors (Lipinski definition) is 2. The van der Waals surface area contributed by atoms with Gasteiger partial charge in [-0.1, -0.05) is 30.8 Å². The highest BCUT2D eigenvalue weighted by Gasteiger charge is 2.11. The fourth-order valence-electron chi connectivity index (χ4n) is 1.61. The number of amides is 1. The van der Waals surface area contributed by atoms with Crippen LogP contribution in [0.4, 0.5) is 0 Å². The Kier molecular flexibility index (Phi) is 4.93. The maximum absolute atomic E-state index is 11.9. The number of rotatable bonds is 2. The molecule has 0 saturated heterocycles. The van der Waals surface area contributed by atoms with Gasteiger partial charge in [-0.3, -0.25) is 15.1 Å². The summed E-state index contributed by atoms with van der Waals surface area (Å²) in [4.78, 5) is 16.2. The first-order valence-electron chi connectivity index (χ1n) is 6.07. The van der Waals surface area contributed by atoms with E-state index in [-0.39, 0.29) is 11.0 Å². The molecule has 1 heterocycles. The molecule has 0 fully saturated rings. The Labute approximate surface area is 122 Å². The van der Waals surface area contributed by atoms with Gasteiger partial charge >= 0.3 is 0 Å². The van der Waals surface area contributed by atoms with Gasteiger partial charge in [0.25, 0.3) is 5.91 Å². The second-order valence-electron chi connectivity index (χ2n) is 3.99. The van der Waals surface area contributed by atoms with Crippen LogP contribution in [0.5, 0.6) is 0 Å². The van der Waals surface area contributed by atoms with Crippen LogP contribution in [0.2, 0.25) is 0 Å². The van der Waals surface area contributed by atoms with Crippen molar-refractivity contribution in [3.05, 3.63) is 35.4 Å². The summed E-state index contributed by atoms with van der Waals surface area (Å²) in [6.45, 7) is 2.87. The zero-order valence-corrected chi connectivity index (χ0v) is 12.2. The summed E-state index contributed by atoms with van der Waals surface area (Å²) in [5.41, 5.74) is 1.80. The quantitative estimate of drug-likeness (QED) is 0.819. The molecule has 1 amide bonds. The van der Waals surface area contributed by atoms with Gasteiger partial charge in [-0.25, -0.2) is 0 Å². The molecule has 4 nitrogen and oxygen atoms in total. The van der Waals surface area contributed by atoms with Crippen molar-refractivity contribution in [2.75, 3.05) is 12.3 Å². The van der Waals surface area contributed by atoms with E-state index in [0.717, 1.165) is 23.9 Å². The average Bonchev–Trinajstić information content (AvgIpc) is 2.91. The van der Waals surface area contributed by atoms with Crippen LogP contribution in [0.25, 0.3) is 0 Å². The second kappa shape index (κ2) is 6.68. The number of thiocarbonyl (C=S) groups is 1. The van der Waals surface area contributed by atoms with E-state index in [1.807, 2.05) is 12.1 Å². The predicted molar refractivity (Wildman–Crippen MR) is 83.8 cm³/mol. The highest BCUT2D eigenvalue weighted by atomic mass is 32.2. The summed E-state index contributed by atoms with van der Waals surface area (Å²) in [7, 11) is 0. The highest BCUT2D eigenvalue weighted by molar-refractivity contribution is 8.14. The van der Waals surface area contributed by atoms with Gasteiger partial charge < -0.3 is 5.32 Å². The Bertz CT molecular complexity index is 511. The molecular weight excluding hydrogens is 278 g/mol. The van der Waals surface area contributed by atoms with Gasteiger partial charge in [-0.05, 0) is 36.3 Å². The van der Waals surface area contributed by atoms with E-state index in [1.165, 1.54) is 5.56 Å². The molecule has 2 rings (SSSR count). The molecule has 1 aliphatic rings. The zero-order valence-electron chi connectivity index (χ0n) is 10.6. The molecule has 0 radical (unpaired) electrons. The van der Waals surface area contributed by atoms with Crippen molar-refractivity contribution in [3.63, 3.8) is 0 Å². The Hall–Kier alpha value is -1.40. The lowest BCUT2D eigenvalue weighted by atomic mass is 10.1. The van der Waals surface area contributed by atoms with Crippen molar-refractivity contribution in [2.45, 2.75) is 13.3 Å². The summed E-state index contributed by atoms with van der Waals surface area (Å²) < 4.78 is 0.